The van der Waals surface area contributed by atoms with E-state index in [1.165, 1.54) is 23.1 Å². The van der Waals surface area contributed by atoms with Crippen LogP contribution in [-0.2, 0) is 20.8 Å². The number of nitrogens with one attached hydrogen (secondary N) is 1. The molecule has 1 amide bonds. The second-order valence-electron chi connectivity index (χ2n) is 7.21. The van der Waals surface area contributed by atoms with Crippen LogP contribution in [0.5, 0.6) is 0 Å². The summed E-state index contributed by atoms with van der Waals surface area (Å²) >= 11 is 4.17. The minimum atomic E-state index is -0.367. The van der Waals surface area contributed by atoms with Gasteiger partial charge in [0.05, 0.1) is 34.9 Å². The van der Waals surface area contributed by atoms with Gasteiger partial charge in [-0.1, -0.05) is 17.8 Å². The number of thiophene rings is 2. The Hall–Kier alpha value is -2.21. The first-order chi connectivity index (χ1) is 15.5. The minimum Gasteiger partial charge on any atom is -0.462 e. The fourth-order valence-corrected chi connectivity index (χ4v) is 5.83. The standard InChI is InChI=1S/C21H24N4O4S3/c1-3-28-20(27)18-13(2)10-17(32-18)22-16(26)12-31-21-24-23-19(15-7-5-9-30-15)25(21)11-14-6-4-8-29-14/h5,7,9-10,14H,3-4,6,8,11-12H2,1-2H3,(H,22,26). The van der Waals surface area contributed by atoms with E-state index in [2.05, 4.69) is 15.5 Å². The Morgan fingerprint density at radius 2 is 2.28 bits per heavy atom. The van der Waals surface area contributed by atoms with Crippen LogP contribution in [0.2, 0.25) is 0 Å². The molecule has 1 unspecified atom stereocenters. The zero-order valence-corrected chi connectivity index (χ0v) is 20.3. The number of amides is 1. The van der Waals surface area contributed by atoms with Crippen molar-refractivity contribution >= 4 is 51.3 Å². The van der Waals surface area contributed by atoms with Gasteiger partial charge in [-0.25, -0.2) is 4.79 Å². The molecule has 4 heterocycles. The number of aromatic nitrogens is 3. The maximum atomic E-state index is 12.6. The molecule has 170 valence electrons. The molecule has 3 aromatic heterocycles. The number of nitrogens with zero attached hydrogens (tertiary/aromatic N) is 3. The van der Waals surface area contributed by atoms with Crippen molar-refractivity contribution in [1.82, 2.24) is 14.8 Å². The van der Waals surface area contributed by atoms with Gasteiger partial charge in [-0.05, 0) is 49.8 Å². The molecule has 1 saturated heterocycles. The normalized spacial score (nSPS) is 15.8. The number of rotatable bonds is 9. The molecule has 0 bridgehead atoms. The van der Waals surface area contributed by atoms with Crippen molar-refractivity contribution in [2.45, 2.75) is 44.5 Å². The average molecular weight is 493 g/mol. The van der Waals surface area contributed by atoms with Crippen molar-refractivity contribution in [2.24, 2.45) is 0 Å². The van der Waals surface area contributed by atoms with Gasteiger partial charge in [0.1, 0.15) is 4.88 Å². The molecule has 1 atom stereocenters. The lowest BCUT2D eigenvalue weighted by Crippen LogP contribution is -2.18. The number of ether oxygens (including phenoxy) is 2. The highest BCUT2D eigenvalue weighted by Crippen LogP contribution is 2.30. The van der Waals surface area contributed by atoms with Crippen LogP contribution in [0.3, 0.4) is 0 Å². The van der Waals surface area contributed by atoms with Crippen molar-refractivity contribution in [3.8, 4) is 10.7 Å². The molecule has 0 radical (unpaired) electrons. The van der Waals surface area contributed by atoms with E-state index in [-0.39, 0.29) is 23.7 Å². The third-order valence-electron chi connectivity index (χ3n) is 4.84. The lowest BCUT2D eigenvalue weighted by atomic mass is 10.2. The summed E-state index contributed by atoms with van der Waals surface area (Å²) in [5.74, 6) is 0.440. The number of esters is 1. The molecule has 3 aromatic rings. The van der Waals surface area contributed by atoms with Gasteiger partial charge in [0, 0.05) is 6.61 Å². The molecule has 1 N–H and O–H groups in total. The molecule has 0 saturated carbocycles. The van der Waals surface area contributed by atoms with Crippen LogP contribution in [0.4, 0.5) is 5.00 Å². The van der Waals surface area contributed by atoms with Crippen molar-refractivity contribution in [2.75, 3.05) is 24.3 Å². The Morgan fingerprint density at radius 3 is 3.00 bits per heavy atom. The number of hydrogen-bond donors (Lipinski definition) is 1. The van der Waals surface area contributed by atoms with Gasteiger partial charge < -0.3 is 14.8 Å². The van der Waals surface area contributed by atoms with Crippen LogP contribution in [-0.4, -0.2) is 51.7 Å². The van der Waals surface area contributed by atoms with Crippen LogP contribution < -0.4 is 5.32 Å². The van der Waals surface area contributed by atoms with Crippen LogP contribution in [0.15, 0.2) is 28.7 Å². The number of aryl methyl sites for hydroxylation is 1. The summed E-state index contributed by atoms with van der Waals surface area (Å²) in [6.07, 6.45) is 2.20. The van der Waals surface area contributed by atoms with Gasteiger partial charge in [-0.3, -0.25) is 9.36 Å². The first-order valence-electron chi connectivity index (χ1n) is 10.3. The van der Waals surface area contributed by atoms with Gasteiger partial charge in [0.25, 0.3) is 0 Å². The molecule has 4 rings (SSSR count). The Balaban J connectivity index is 1.42. The van der Waals surface area contributed by atoms with E-state index in [0.717, 1.165) is 35.7 Å². The zero-order chi connectivity index (χ0) is 22.5. The molecule has 0 aromatic carbocycles. The molecule has 0 aliphatic carbocycles. The largest absolute Gasteiger partial charge is 0.462 e. The summed E-state index contributed by atoms with van der Waals surface area (Å²) in [6.45, 7) is 5.35. The molecular weight excluding hydrogens is 468 g/mol. The summed E-state index contributed by atoms with van der Waals surface area (Å²) in [7, 11) is 0. The monoisotopic (exact) mass is 492 g/mol. The number of thioether (sulfide) groups is 1. The van der Waals surface area contributed by atoms with Crippen molar-refractivity contribution in [1.29, 1.82) is 0 Å². The second kappa shape index (κ2) is 10.6. The van der Waals surface area contributed by atoms with Crippen LogP contribution >= 0.6 is 34.4 Å². The minimum absolute atomic E-state index is 0.133. The van der Waals surface area contributed by atoms with E-state index in [1.807, 2.05) is 29.0 Å². The lowest BCUT2D eigenvalue weighted by Gasteiger charge is -2.14. The summed E-state index contributed by atoms with van der Waals surface area (Å²) in [5, 5.41) is 14.9. The number of carbonyl (C=O) groups excluding carboxylic acids is 2. The van der Waals surface area contributed by atoms with Crippen LogP contribution in [0, 0.1) is 6.92 Å². The van der Waals surface area contributed by atoms with Gasteiger partial charge in [-0.2, -0.15) is 0 Å². The van der Waals surface area contributed by atoms with Crippen LogP contribution in [0.25, 0.3) is 10.7 Å². The van der Waals surface area contributed by atoms with E-state index < -0.39 is 0 Å². The molecule has 1 fully saturated rings. The highest BCUT2D eigenvalue weighted by Gasteiger charge is 2.23. The number of hydrogen-bond acceptors (Lipinski definition) is 9. The second-order valence-corrected chi connectivity index (χ2v) is 10.2. The summed E-state index contributed by atoms with van der Waals surface area (Å²) in [6, 6.07) is 5.79. The maximum Gasteiger partial charge on any atom is 0.348 e. The van der Waals surface area contributed by atoms with E-state index in [1.54, 1.807) is 24.3 Å². The van der Waals surface area contributed by atoms with E-state index in [9.17, 15) is 9.59 Å². The first kappa shape index (κ1) is 23.0. The SMILES string of the molecule is CCOC(=O)c1sc(NC(=O)CSc2nnc(-c3cccs3)n2CC2CCCO2)cc1C. The number of anilines is 1. The molecule has 0 spiro atoms. The summed E-state index contributed by atoms with van der Waals surface area (Å²) in [4.78, 5) is 26.1. The van der Waals surface area contributed by atoms with E-state index in [0.29, 0.717) is 28.2 Å². The smallest absolute Gasteiger partial charge is 0.348 e. The van der Waals surface area contributed by atoms with Gasteiger partial charge in [-0.15, -0.1) is 32.9 Å². The number of carbonyl (C=O) groups is 2. The highest BCUT2D eigenvalue weighted by atomic mass is 32.2. The predicted octanol–water partition coefficient (Wildman–Crippen LogP) is 4.46. The maximum absolute atomic E-state index is 12.6. The highest BCUT2D eigenvalue weighted by molar-refractivity contribution is 7.99. The average Bonchev–Trinajstić information content (AvgIpc) is 3.55. The van der Waals surface area contributed by atoms with Crippen molar-refractivity contribution in [3.05, 3.63) is 34.0 Å². The molecule has 32 heavy (non-hydrogen) atoms. The third-order valence-corrected chi connectivity index (χ3v) is 7.81. The van der Waals surface area contributed by atoms with Gasteiger partial charge >= 0.3 is 5.97 Å². The van der Waals surface area contributed by atoms with Crippen LogP contribution in [0.1, 0.15) is 35.0 Å². The third kappa shape index (κ3) is 5.40. The van der Waals surface area contributed by atoms with Gasteiger partial charge in [0.15, 0.2) is 11.0 Å². The van der Waals surface area contributed by atoms with Crippen molar-refractivity contribution in [3.63, 3.8) is 0 Å². The molecule has 1 aliphatic rings. The zero-order valence-electron chi connectivity index (χ0n) is 17.8. The fourth-order valence-electron chi connectivity index (χ4n) is 3.39. The van der Waals surface area contributed by atoms with E-state index in [4.69, 9.17) is 9.47 Å². The Morgan fingerprint density at radius 1 is 1.41 bits per heavy atom. The first-order valence-corrected chi connectivity index (χ1v) is 13.0. The topological polar surface area (TPSA) is 95.3 Å². The molecule has 8 nitrogen and oxygen atoms in total. The molecule has 1 aliphatic heterocycles. The quantitative estimate of drug-likeness (QED) is 0.348. The van der Waals surface area contributed by atoms with Crippen molar-refractivity contribution < 1.29 is 19.1 Å². The summed E-state index contributed by atoms with van der Waals surface area (Å²) in [5.41, 5.74) is 0.785. The predicted molar refractivity (Wildman–Crippen MR) is 127 cm³/mol. The Labute approximate surface area is 198 Å². The fraction of sp³-hybridized carbons (Fsp3) is 0.429. The van der Waals surface area contributed by atoms with Gasteiger partial charge in [0.2, 0.25) is 5.91 Å². The van der Waals surface area contributed by atoms with E-state index >= 15 is 0 Å². The Bertz CT molecular complexity index is 1070. The Kier molecular flexibility index (Phi) is 7.61. The molecule has 11 heteroatoms. The molecular formula is C21H24N4O4S3. The lowest BCUT2D eigenvalue weighted by molar-refractivity contribution is -0.113. The summed E-state index contributed by atoms with van der Waals surface area (Å²) < 4.78 is 12.9.